The average Bonchev–Trinajstić information content (AvgIpc) is 2.15. The van der Waals surface area contributed by atoms with Gasteiger partial charge < -0.3 is 4.74 Å². The maximum atomic E-state index is 11.1. The molecule has 1 rings (SSSR count). The highest BCUT2D eigenvalue weighted by Crippen LogP contribution is 2.24. The maximum Gasteiger partial charge on any atom is 0.313 e. The van der Waals surface area contributed by atoms with Crippen LogP contribution < -0.4 is 0 Å². The van der Waals surface area contributed by atoms with E-state index in [1.54, 1.807) is 18.2 Å². The number of ketones is 1. The normalized spacial score (nSPS) is 9.94. The molecule has 0 atom stereocenters. The molecular formula is C11H10Cl2O3. The Morgan fingerprint density at radius 1 is 1.25 bits per heavy atom. The van der Waals surface area contributed by atoms with Gasteiger partial charge in [-0.3, -0.25) is 9.59 Å². The zero-order valence-corrected chi connectivity index (χ0v) is 10.1. The van der Waals surface area contributed by atoms with Crippen LogP contribution in [-0.4, -0.2) is 11.8 Å². The Bertz CT molecular complexity index is 395. The standard InChI is InChI=1S/C11H10Cl2O3/c1-7(14)5-11(15)16-6-8-9(12)3-2-4-10(8)13/h2-4H,5-6H2,1H3. The van der Waals surface area contributed by atoms with Crippen molar-refractivity contribution in [3.05, 3.63) is 33.8 Å². The first kappa shape index (κ1) is 13.0. The van der Waals surface area contributed by atoms with Gasteiger partial charge in [-0.2, -0.15) is 0 Å². The largest absolute Gasteiger partial charge is 0.460 e. The topological polar surface area (TPSA) is 43.4 Å². The van der Waals surface area contributed by atoms with Crippen LogP contribution in [0.2, 0.25) is 10.0 Å². The molecule has 0 aliphatic rings. The van der Waals surface area contributed by atoms with Gasteiger partial charge in [0.05, 0.1) is 0 Å². The quantitative estimate of drug-likeness (QED) is 0.618. The van der Waals surface area contributed by atoms with E-state index in [1.807, 2.05) is 0 Å². The number of esters is 1. The van der Waals surface area contributed by atoms with Gasteiger partial charge in [-0.1, -0.05) is 29.3 Å². The summed E-state index contributed by atoms with van der Waals surface area (Å²) in [7, 11) is 0. The SMILES string of the molecule is CC(=O)CC(=O)OCc1c(Cl)cccc1Cl. The molecule has 0 fully saturated rings. The summed E-state index contributed by atoms with van der Waals surface area (Å²) in [6.45, 7) is 1.30. The van der Waals surface area contributed by atoms with Crippen molar-refractivity contribution in [2.24, 2.45) is 0 Å². The summed E-state index contributed by atoms with van der Waals surface area (Å²) in [5.41, 5.74) is 0.544. The molecule has 0 unspecified atom stereocenters. The van der Waals surface area contributed by atoms with Gasteiger partial charge in [0, 0.05) is 15.6 Å². The first-order valence-electron chi connectivity index (χ1n) is 4.58. The Labute approximate surface area is 103 Å². The van der Waals surface area contributed by atoms with Crippen molar-refractivity contribution >= 4 is 35.0 Å². The van der Waals surface area contributed by atoms with Gasteiger partial charge in [-0.15, -0.1) is 0 Å². The maximum absolute atomic E-state index is 11.1. The second-order valence-electron chi connectivity index (χ2n) is 3.24. The molecular weight excluding hydrogens is 251 g/mol. The summed E-state index contributed by atoms with van der Waals surface area (Å²) < 4.78 is 4.87. The molecule has 0 N–H and O–H groups in total. The molecule has 0 amide bonds. The summed E-state index contributed by atoms with van der Waals surface area (Å²) in [4.78, 5) is 21.8. The first-order valence-corrected chi connectivity index (χ1v) is 5.34. The molecule has 86 valence electrons. The lowest BCUT2D eigenvalue weighted by molar-refractivity contribution is -0.146. The molecule has 1 aromatic carbocycles. The molecule has 0 spiro atoms. The van der Waals surface area contributed by atoms with E-state index in [0.717, 1.165) is 0 Å². The number of ether oxygens (including phenoxy) is 1. The lowest BCUT2D eigenvalue weighted by Crippen LogP contribution is -2.09. The Morgan fingerprint density at radius 3 is 2.31 bits per heavy atom. The van der Waals surface area contributed by atoms with Crippen molar-refractivity contribution in [3.8, 4) is 0 Å². The number of hydrogen-bond acceptors (Lipinski definition) is 3. The van der Waals surface area contributed by atoms with Gasteiger partial charge in [0.15, 0.2) is 0 Å². The number of Topliss-reactive ketones (excluding diaryl/α,β-unsaturated/α-hetero) is 1. The van der Waals surface area contributed by atoms with Gasteiger partial charge in [-0.25, -0.2) is 0 Å². The van der Waals surface area contributed by atoms with Crippen molar-refractivity contribution in [2.75, 3.05) is 0 Å². The van der Waals surface area contributed by atoms with Crippen LogP contribution in [0.1, 0.15) is 18.9 Å². The molecule has 0 saturated heterocycles. The second kappa shape index (κ2) is 5.87. The number of benzene rings is 1. The van der Waals surface area contributed by atoms with Crippen LogP contribution >= 0.6 is 23.2 Å². The van der Waals surface area contributed by atoms with E-state index in [1.165, 1.54) is 6.92 Å². The third-order valence-electron chi connectivity index (χ3n) is 1.83. The van der Waals surface area contributed by atoms with Crippen molar-refractivity contribution in [3.63, 3.8) is 0 Å². The third kappa shape index (κ3) is 3.83. The molecule has 0 aliphatic heterocycles. The highest BCUT2D eigenvalue weighted by Gasteiger charge is 2.10. The van der Waals surface area contributed by atoms with Crippen LogP contribution in [0.3, 0.4) is 0 Å². The minimum absolute atomic E-state index is 0.0232. The van der Waals surface area contributed by atoms with E-state index in [-0.39, 0.29) is 18.8 Å². The molecule has 1 aromatic rings. The van der Waals surface area contributed by atoms with Gasteiger partial charge >= 0.3 is 5.97 Å². The number of carbonyl (C=O) groups excluding carboxylic acids is 2. The van der Waals surface area contributed by atoms with Gasteiger partial charge in [0.1, 0.15) is 18.8 Å². The number of halogens is 2. The molecule has 16 heavy (non-hydrogen) atoms. The van der Waals surface area contributed by atoms with E-state index >= 15 is 0 Å². The molecule has 3 nitrogen and oxygen atoms in total. The van der Waals surface area contributed by atoms with Crippen LogP contribution in [-0.2, 0) is 20.9 Å². The summed E-state index contributed by atoms with van der Waals surface area (Å²) in [6.07, 6.45) is -0.234. The van der Waals surface area contributed by atoms with Crippen LogP contribution in [0.4, 0.5) is 0 Å². The molecule has 0 saturated carbocycles. The predicted molar refractivity (Wildman–Crippen MR) is 61.6 cm³/mol. The fourth-order valence-electron chi connectivity index (χ4n) is 1.08. The van der Waals surface area contributed by atoms with Crippen molar-refractivity contribution in [1.82, 2.24) is 0 Å². The lowest BCUT2D eigenvalue weighted by Gasteiger charge is -2.07. The molecule has 5 heteroatoms. The molecule has 0 bridgehead atoms. The average molecular weight is 261 g/mol. The summed E-state index contributed by atoms with van der Waals surface area (Å²) >= 11 is 11.8. The number of hydrogen-bond donors (Lipinski definition) is 0. The molecule has 0 radical (unpaired) electrons. The van der Waals surface area contributed by atoms with Gasteiger partial charge in [0.2, 0.25) is 0 Å². The van der Waals surface area contributed by atoms with Crippen molar-refractivity contribution < 1.29 is 14.3 Å². The van der Waals surface area contributed by atoms with E-state index in [0.29, 0.717) is 15.6 Å². The Balaban J connectivity index is 2.61. The monoisotopic (exact) mass is 260 g/mol. The van der Waals surface area contributed by atoms with Crippen LogP contribution in [0.5, 0.6) is 0 Å². The smallest absolute Gasteiger partial charge is 0.313 e. The van der Waals surface area contributed by atoms with Crippen LogP contribution in [0.15, 0.2) is 18.2 Å². The zero-order valence-electron chi connectivity index (χ0n) is 8.63. The summed E-state index contributed by atoms with van der Waals surface area (Å²) in [6, 6.07) is 5.01. The Hall–Kier alpha value is -1.06. The van der Waals surface area contributed by atoms with Gasteiger partial charge in [0.25, 0.3) is 0 Å². The Kier molecular flexibility index (Phi) is 4.77. The molecule has 0 aliphatic carbocycles. The summed E-state index contributed by atoms with van der Waals surface area (Å²) in [5.74, 6) is -0.821. The van der Waals surface area contributed by atoms with Crippen molar-refractivity contribution in [1.29, 1.82) is 0 Å². The van der Waals surface area contributed by atoms with E-state index < -0.39 is 5.97 Å². The fourth-order valence-corrected chi connectivity index (χ4v) is 1.58. The molecule has 0 heterocycles. The number of carbonyl (C=O) groups is 2. The minimum Gasteiger partial charge on any atom is -0.460 e. The van der Waals surface area contributed by atoms with E-state index in [2.05, 4.69) is 0 Å². The van der Waals surface area contributed by atoms with Crippen LogP contribution in [0, 0.1) is 0 Å². The Morgan fingerprint density at radius 2 is 1.81 bits per heavy atom. The summed E-state index contributed by atoms with van der Waals surface area (Å²) in [5, 5.41) is 0.867. The van der Waals surface area contributed by atoms with Gasteiger partial charge in [-0.05, 0) is 19.1 Å². The predicted octanol–water partition coefficient (Wildman–Crippen LogP) is 3.02. The third-order valence-corrected chi connectivity index (χ3v) is 2.54. The van der Waals surface area contributed by atoms with E-state index in [4.69, 9.17) is 27.9 Å². The lowest BCUT2D eigenvalue weighted by atomic mass is 10.2. The van der Waals surface area contributed by atoms with E-state index in [9.17, 15) is 9.59 Å². The zero-order chi connectivity index (χ0) is 12.1. The highest BCUT2D eigenvalue weighted by molar-refractivity contribution is 6.35. The molecule has 0 aromatic heterocycles. The second-order valence-corrected chi connectivity index (χ2v) is 4.05. The highest BCUT2D eigenvalue weighted by atomic mass is 35.5. The van der Waals surface area contributed by atoms with Crippen LogP contribution in [0.25, 0.3) is 0 Å². The minimum atomic E-state index is -0.580. The van der Waals surface area contributed by atoms with Crippen molar-refractivity contribution in [2.45, 2.75) is 20.0 Å². The fraction of sp³-hybridized carbons (Fsp3) is 0.273. The first-order chi connectivity index (χ1) is 7.50. The number of rotatable bonds is 4.